The van der Waals surface area contributed by atoms with Gasteiger partial charge < -0.3 is 25.0 Å². The van der Waals surface area contributed by atoms with Crippen molar-refractivity contribution in [2.45, 2.75) is 45.1 Å². The van der Waals surface area contributed by atoms with E-state index in [9.17, 15) is 14.4 Å². The Hall–Kier alpha value is -3.39. The van der Waals surface area contributed by atoms with Gasteiger partial charge in [-0.2, -0.15) is 0 Å². The minimum absolute atomic E-state index is 0.0338. The summed E-state index contributed by atoms with van der Waals surface area (Å²) in [5.74, 6) is -0.655. The summed E-state index contributed by atoms with van der Waals surface area (Å²) < 4.78 is 5.52. The highest BCUT2D eigenvalue weighted by Gasteiger charge is 2.33. The number of carbonyl (C=O) groups excluding carboxylic acids is 2. The number of hydrogen-bond acceptors (Lipinski definition) is 5. The van der Waals surface area contributed by atoms with Crippen LogP contribution in [0.5, 0.6) is 0 Å². The van der Waals surface area contributed by atoms with E-state index in [2.05, 4.69) is 28.4 Å². The number of nitrogens with zero attached hydrogens (tertiary/aromatic N) is 2. The van der Waals surface area contributed by atoms with Crippen LogP contribution in [0.1, 0.15) is 44.1 Å². The third kappa shape index (κ3) is 6.31. The number of morpholine rings is 1. The summed E-state index contributed by atoms with van der Waals surface area (Å²) in [5, 5.41) is 12.3. The van der Waals surface area contributed by atoms with Gasteiger partial charge in [-0.15, -0.1) is 0 Å². The van der Waals surface area contributed by atoms with Crippen LogP contribution in [0.2, 0.25) is 0 Å². The standard InChI is InChI=1S/C29H35N3O5/c33-27(34)11-12-32(29(36)22-7-8-22)19-20-3-1-6-23(17-20)24-9-10-26(31-13-15-37-16-14-31)25(18-24)30-28(35)21-4-2-5-21/h1,3,6,9-10,17-18,21-22H,2,4-5,7-8,11-16,19H2,(H,30,35)(H,33,34). The fourth-order valence-electron chi connectivity index (χ4n) is 4.96. The van der Waals surface area contributed by atoms with E-state index in [0.29, 0.717) is 19.8 Å². The number of nitrogens with one attached hydrogen (secondary N) is 1. The number of hydrogen-bond donors (Lipinski definition) is 2. The molecule has 196 valence electrons. The molecule has 1 heterocycles. The molecule has 0 bridgehead atoms. The van der Waals surface area contributed by atoms with E-state index in [1.165, 1.54) is 0 Å². The van der Waals surface area contributed by atoms with Crippen LogP contribution in [-0.2, 0) is 25.7 Å². The zero-order valence-electron chi connectivity index (χ0n) is 21.2. The van der Waals surface area contributed by atoms with Crippen LogP contribution in [0.4, 0.5) is 11.4 Å². The molecule has 2 amide bonds. The van der Waals surface area contributed by atoms with Gasteiger partial charge in [0.15, 0.2) is 0 Å². The first-order valence-electron chi connectivity index (χ1n) is 13.4. The van der Waals surface area contributed by atoms with Crippen molar-refractivity contribution in [3.8, 4) is 11.1 Å². The number of anilines is 2. The summed E-state index contributed by atoms with van der Waals surface area (Å²) in [6.45, 7) is 3.48. The molecule has 2 aliphatic carbocycles. The lowest BCUT2D eigenvalue weighted by molar-refractivity contribution is -0.139. The number of carboxylic acid groups (broad SMARTS) is 1. The number of aliphatic carboxylic acids is 1. The molecule has 0 radical (unpaired) electrons. The molecule has 5 rings (SSSR count). The van der Waals surface area contributed by atoms with Gasteiger partial charge in [0.05, 0.1) is 31.0 Å². The van der Waals surface area contributed by atoms with Crippen molar-refractivity contribution in [3.05, 3.63) is 48.0 Å². The highest BCUT2D eigenvalue weighted by molar-refractivity contribution is 5.97. The van der Waals surface area contributed by atoms with Crippen LogP contribution in [0, 0.1) is 11.8 Å². The number of carbonyl (C=O) groups is 3. The van der Waals surface area contributed by atoms with E-state index in [1.807, 2.05) is 24.3 Å². The van der Waals surface area contributed by atoms with Crippen molar-refractivity contribution in [2.75, 3.05) is 43.1 Å². The Morgan fingerprint density at radius 2 is 1.73 bits per heavy atom. The van der Waals surface area contributed by atoms with Gasteiger partial charge in [-0.1, -0.05) is 30.7 Å². The second-order valence-corrected chi connectivity index (χ2v) is 10.3. The molecule has 1 saturated heterocycles. The van der Waals surface area contributed by atoms with Crippen LogP contribution in [0.25, 0.3) is 11.1 Å². The number of benzene rings is 2. The first-order chi connectivity index (χ1) is 18.0. The van der Waals surface area contributed by atoms with Crippen molar-refractivity contribution >= 4 is 29.2 Å². The van der Waals surface area contributed by atoms with Gasteiger partial charge in [0.1, 0.15) is 0 Å². The van der Waals surface area contributed by atoms with Gasteiger partial charge in [0.25, 0.3) is 0 Å². The van der Waals surface area contributed by atoms with Gasteiger partial charge in [0, 0.05) is 38.0 Å². The minimum atomic E-state index is -0.904. The van der Waals surface area contributed by atoms with Gasteiger partial charge in [-0.25, -0.2) is 0 Å². The molecule has 8 heteroatoms. The maximum absolute atomic E-state index is 12.9. The molecule has 2 N–H and O–H groups in total. The van der Waals surface area contributed by atoms with Gasteiger partial charge >= 0.3 is 5.97 Å². The molecule has 3 fully saturated rings. The van der Waals surface area contributed by atoms with Gasteiger partial charge in [0.2, 0.25) is 11.8 Å². The highest BCUT2D eigenvalue weighted by atomic mass is 16.5. The molecule has 1 aliphatic heterocycles. The summed E-state index contributed by atoms with van der Waals surface area (Å²) >= 11 is 0. The van der Waals surface area contributed by atoms with Crippen molar-refractivity contribution in [2.24, 2.45) is 11.8 Å². The average Bonchev–Trinajstić information content (AvgIpc) is 3.71. The molecular weight excluding hydrogens is 470 g/mol. The summed E-state index contributed by atoms with van der Waals surface area (Å²) in [6.07, 6.45) is 4.69. The lowest BCUT2D eigenvalue weighted by Crippen LogP contribution is -2.37. The Balaban J connectivity index is 1.38. The highest BCUT2D eigenvalue weighted by Crippen LogP contribution is 2.35. The van der Waals surface area contributed by atoms with E-state index in [0.717, 1.165) is 73.3 Å². The van der Waals surface area contributed by atoms with E-state index < -0.39 is 5.97 Å². The SMILES string of the molecule is O=C(O)CCN(Cc1cccc(-c2ccc(N3CCOCC3)c(NC(=O)C3CCC3)c2)c1)C(=O)C1CC1. The molecule has 0 aromatic heterocycles. The lowest BCUT2D eigenvalue weighted by Gasteiger charge is -2.32. The molecule has 2 aromatic carbocycles. The van der Waals surface area contributed by atoms with Gasteiger partial charge in [-0.3, -0.25) is 14.4 Å². The van der Waals surface area contributed by atoms with Gasteiger partial charge in [-0.05, 0) is 60.6 Å². The third-order valence-electron chi connectivity index (χ3n) is 7.55. The zero-order chi connectivity index (χ0) is 25.8. The molecule has 0 atom stereocenters. The summed E-state index contributed by atoms with van der Waals surface area (Å²) in [7, 11) is 0. The first kappa shape index (κ1) is 25.3. The summed E-state index contributed by atoms with van der Waals surface area (Å²) in [4.78, 5) is 40.7. The molecule has 2 aromatic rings. The second-order valence-electron chi connectivity index (χ2n) is 10.3. The second kappa shape index (κ2) is 11.3. The summed E-state index contributed by atoms with van der Waals surface area (Å²) in [6, 6.07) is 14.2. The predicted octanol–water partition coefficient (Wildman–Crippen LogP) is 4.14. The van der Waals surface area contributed by atoms with Crippen LogP contribution in [-0.4, -0.2) is 60.6 Å². The molecule has 0 unspecified atom stereocenters. The third-order valence-corrected chi connectivity index (χ3v) is 7.55. The number of amides is 2. The number of rotatable bonds is 10. The Bertz CT molecular complexity index is 1150. The Morgan fingerprint density at radius 1 is 0.973 bits per heavy atom. The monoisotopic (exact) mass is 505 g/mol. The first-order valence-corrected chi connectivity index (χ1v) is 13.4. The minimum Gasteiger partial charge on any atom is -0.481 e. The van der Waals surface area contributed by atoms with Crippen LogP contribution in [0.3, 0.4) is 0 Å². The molecule has 2 saturated carbocycles. The molecule has 37 heavy (non-hydrogen) atoms. The van der Waals surface area contributed by atoms with Crippen LogP contribution in [0.15, 0.2) is 42.5 Å². The van der Waals surface area contributed by atoms with E-state index >= 15 is 0 Å². The molecule has 3 aliphatic rings. The van der Waals surface area contributed by atoms with Crippen molar-refractivity contribution in [1.29, 1.82) is 0 Å². The molecule has 8 nitrogen and oxygen atoms in total. The number of carboxylic acids is 1. The maximum atomic E-state index is 12.9. The Kier molecular flexibility index (Phi) is 7.74. The predicted molar refractivity (Wildman–Crippen MR) is 141 cm³/mol. The molecular formula is C29H35N3O5. The van der Waals surface area contributed by atoms with Crippen molar-refractivity contribution in [1.82, 2.24) is 4.90 Å². The summed E-state index contributed by atoms with van der Waals surface area (Å²) in [5.41, 5.74) is 4.74. The fourth-order valence-corrected chi connectivity index (χ4v) is 4.96. The zero-order valence-corrected chi connectivity index (χ0v) is 21.2. The maximum Gasteiger partial charge on any atom is 0.305 e. The average molecular weight is 506 g/mol. The molecule has 0 spiro atoms. The van der Waals surface area contributed by atoms with Crippen molar-refractivity contribution < 1.29 is 24.2 Å². The van der Waals surface area contributed by atoms with E-state index in [4.69, 9.17) is 9.84 Å². The Labute approximate surface area is 217 Å². The van der Waals surface area contributed by atoms with E-state index in [-0.39, 0.29) is 36.6 Å². The fraction of sp³-hybridized carbons (Fsp3) is 0.483. The van der Waals surface area contributed by atoms with Crippen LogP contribution < -0.4 is 10.2 Å². The van der Waals surface area contributed by atoms with Crippen LogP contribution >= 0.6 is 0 Å². The Morgan fingerprint density at radius 3 is 2.41 bits per heavy atom. The quantitative estimate of drug-likeness (QED) is 0.504. The van der Waals surface area contributed by atoms with Crippen molar-refractivity contribution in [3.63, 3.8) is 0 Å². The number of ether oxygens (including phenoxy) is 1. The smallest absolute Gasteiger partial charge is 0.305 e. The lowest BCUT2D eigenvalue weighted by atomic mass is 9.85. The van der Waals surface area contributed by atoms with E-state index in [1.54, 1.807) is 4.90 Å². The topological polar surface area (TPSA) is 99.2 Å². The normalized spacial score (nSPS) is 17.7. The largest absolute Gasteiger partial charge is 0.481 e.